The molecular formula is C23H25NO3. The number of amides is 1. The number of hydrogen-bond acceptors (Lipinski definition) is 3. The van der Waals surface area contributed by atoms with Crippen LogP contribution in [0.1, 0.15) is 50.9 Å². The van der Waals surface area contributed by atoms with Gasteiger partial charge in [0.2, 0.25) is 5.91 Å². The Morgan fingerprint density at radius 1 is 0.889 bits per heavy atom. The van der Waals surface area contributed by atoms with Crippen LogP contribution in [0.3, 0.4) is 0 Å². The number of hydrogen-bond donors (Lipinski definition) is 0. The molecule has 0 unspecified atom stereocenters. The van der Waals surface area contributed by atoms with Crippen LogP contribution in [0, 0.1) is 5.92 Å². The van der Waals surface area contributed by atoms with Crippen LogP contribution in [-0.4, -0.2) is 16.8 Å². The van der Waals surface area contributed by atoms with E-state index in [2.05, 4.69) is 0 Å². The predicted molar refractivity (Wildman–Crippen MR) is 105 cm³/mol. The first kappa shape index (κ1) is 18.9. The Morgan fingerprint density at radius 3 is 1.89 bits per heavy atom. The number of esters is 1. The molecule has 0 bridgehead atoms. The topological polar surface area (TPSA) is 46.6 Å². The number of nitrogens with zero attached hydrogens (tertiary/aromatic N) is 1. The van der Waals surface area contributed by atoms with Gasteiger partial charge in [-0.05, 0) is 23.6 Å². The molecule has 1 amide bonds. The summed E-state index contributed by atoms with van der Waals surface area (Å²) in [5.41, 5.74) is 2.92. The first-order valence-electron chi connectivity index (χ1n) is 9.19. The van der Waals surface area contributed by atoms with Gasteiger partial charge in [0, 0.05) is 19.8 Å². The van der Waals surface area contributed by atoms with Crippen molar-refractivity contribution in [2.75, 3.05) is 0 Å². The fourth-order valence-electron chi connectivity index (χ4n) is 4.10. The molecule has 4 nitrogen and oxygen atoms in total. The molecule has 0 aromatic heterocycles. The highest BCUT2D eigenvalue weighted by molar-refractivity contribution is 5.76. The van der Waals surface area contributed by atoms with E-state index in [-0.39, 0.29) is 29.9 Å². The van der Waals surface area contributed by atoms with E-state index in [9.17, 15) is 9.59 Å². The summed E-state index contributed by atoms with van der Waals surface area (Å²) in [5, 5.41) is 0. The quantitative estimate of drug-likeness (QED) is 0.736. The molecule has 2 aromatic rings. The van der Waals surface area contributed by atoms with E-state index < -0.39 is 0 Å². The number of carbonyl (C=O) groups excluding carboxylic acids is 2. The third-order valence-electron chi connectivity index (χ3n) is 5.14. The highest BCUT2D eigenvalue weighted by Crippen LogP contribution is 2.48. The molecule has 0 radical (unpaired) electrons. The van der Waals surface area contributed by atoms with Gasteiger partial charge in [-0.25, -0.2) is 0 Å². The molecule has 3 atom stereocenters. The minimum absolute atomic E-state index is 0.00854. The van der Waals surface area contributed by atoms with Gasteiger partial charge >= 0.3 is 5.97 Å². The number of carbonyl (C=O) groups is 2. The molecular weight excluding hydrogens is 338 g/mol. The standard InChI is InChI=1S/C23H25NO3/c1-15-21(19-11-7-5-8-12-19)24(17(3)25)22(20-13-9-6-10-14-20)16(2)23(15)27-18(4)26/h5-15,21-22H,1-4H3/t15-,21+,22+/m0/s1. The van der Waals surface area contributed by atoms with Gasteiger partial charge in [-0.1, -0.05) is 67.6 Å². The van der Waals surface area contributed by atoms with E-state index in [1.165, 1.54) is 6.92 Å². The van der Waals surface area contributed by atoms with Crippen LogP contribution in [0.15, 0.2) is 72.0 Å². The number of rotatable bonds is 3. The summed E-state index contributed by atoms with van der Waals surface area (Å²) in [6.45, 7) is 6.97. The molecule has 27 heavy (non-hydrogen) atoms. The largest absolute Gasteiger partial charge is 0.431 e. The molecule has 140 valence electrons. The molecule has 0 saturated carbocycles. The lowest BCUT2D eigenvalue weighted by atomic mass is 9.80. The summed E-state index contributed by atoms with van der Waals surface area (Å²) in [6.07, 6.45) is 0. The normalized spacial score (nSPS) is 22.5. The average molecular weight is 363 g/mol. The van der Waals surface area contributed by atoms with Gasteiger partial charge in [0.1, 0.15) is 5.76 Å². The Hall–Kier alpha value is -2.88. The van der Waals surface area contributed by atoms with E-state index in [1.807, 2.05) is 79.4 Å². The zero-order valence-corrected chi connectivity index (χ0v) is 16.2. The maximum atomic E-state index is 12.8. The Morgan fingerprint density at radius 2 is 1.41 bits per heavy atom. The number of ether oxygens (including phenoxy) is 1. The van der Waals surface area contributed by atoms with E-state index in [0.29, 0.717) is 5.76 Å². The molecule has 0 fully saturated rings. The molecule has 1 heterocycles. The Kier molecular flexibility index (Phi) is 5.45. The lowest BCUT2D eigenvalue weighted by Gasteiger charge is -2.46. The van der Waals surface area contributed by atoms with Gasteiger partial charge < -0.3 is 9.64 Å². The molecule has 4 heteroatoms. The fraction of sp³-hybridized carbons (Fsp3) is 0.304. The van der Waals surface area contributed by atoms with Crippen molar-refractivity contribution in [3.63, 3.8) is 0 Å². The summed E-state index contributed by atoms with van der Waals surface area (Å²) >= 11 is 0. The average Bonchev–Trinajstić information content (AvgIpc) is 2.65. The molecule has 0 saturated heterocycles. The summed E-state index contributed by atoms with van der Waals surface area (Å²) in [7, 11) is 0. The monoisotopic (exact) mass is 363 g/mol. The zero-order chi connectivity index (χ0) is 19.6. The van der Waals surface area contributed by atoms with Crippen LogP contribution in [0.25, 0.3) is 0 Å². The lowest BCUT2D eigenvalue weighted by molar-refractivity contribution is -0.141. The van der Waals surface area contributed by atoms with E-state index in [0.717, 1.165) is 16.7 Å². The Labute approximate surface area is 160 Å². The molecule has 0 aliphatic carbocycles. The molecule has 3 rings (SSSR count). The lowest BCUT2D eigenvalue weighted by Crippen LogP contribution is -2.44. The first-order chi connectivity index (χ1) is 12.9. The Balaban J connectivity index is 2.23. The van der Waals surface area contributed by atoms with Crippen LogP contribution in [-0.2, 0) is 14.3 Å². The second-order valence-electron chi connectivity index (χ2n) is 7.02. The van der Waals surface area contributed by atoms with Crippen LogP contribution in [0.5, 0.6) is 0 Å². The first-order valence-corrected chi connectivity index (χ1v) is 9.19. The van der Waals surface area contributed by atoms with Crippen molar-refractivity contribution < 1.29 is 14.3 Å². The fourth-order valence-corrected chi connectivity index (χ4v) is 4.10. The van der Waals surface area contributed by atoms with Gasteiger partial charge in [-0.2, -0.15) is 0 Å². The van der Waals surface area contributed by atoms with Crippen LogP contribution in [0.2, 0.25) is 0 Å². The highest BCUT2D eigenvalue weighted by atomic mass is 16.5. The third kappa shape index (κ3) is 3.65. The van der Waals surface area contributed by atoms with Gasteiger partial charge in [0.05, 0.1) is 12.1 Å². The zero-order valence-electron chi connectivity index (χ0n) is 16.2. The Bertz CT molecular complexity index is 858. The highest BCUT2D eigenvalue weighted by Gasteiger charge is 2.43. The van der Waals surface area contributed by atoms with E-state index >= 15 is 0 Å². The smallest absolute Gasteiger partial charge is 0.307 e. The molecule has 1 aliphatic heterocycles. The molecule has 1 aliphatic rings. The maximum absolute atomic E-state index is 12.8. The minimum atomic E-state index is -0.342. The van der Waals surface area contributed by atoms with Crippen molar-refractivity contribution in [3.8, 4) is 0 Å². The summed E-state index contributed by atoms with van der Waals surface area (Å²) in [5.74, 6) is 0.166. The summed E-state index contributed by atoms with van der Waals surface area (Å²) < 4.78 is 5.65. The van der Waals surface area contributed by atoms with Crippen LogP contribution in [0.4, 0.5) is 0 Å². The van der Waals surface area contributed by atoms with Crippen molar-refractivity contribution in [1.82, 2.24) is 4.90 Å². The molecule has 0 spiro atoms. The van der Waals surface area contributed by atoms with Crippen LogP contribution >= 0.6 is 0 Å². The summed E-state index contributed by atoms with van der Waals surface area (Å²) in [4.78, 5) is 26.5. The van der Waals surface area contributed by atoms with Crippen molar-refractivity contribution in [3.05, 3.63) is 83.1 Å². The maximum Gasteiger partial charge on any atom is 0.307 e. The minimum Gasteiger partial charge on any atom is -0.431 e. The van der Waals surface area contributed by atoms with Crippen molar-refractivity contribution >= 4 is 11.9 Å². The molecule has 2 aromatic carbocycles. The van der Waals surface area contributed by atoms with E-state index in [4.69, 9.17) is 4.74 Å². The van der Waals surface area contributed by atoms with Crippen molar-refractivity contribution in [2.24, 2.45) is 5.92 Å². The third-order valence-corrected chi connectivity index (χ3v) is 5.14. The second-order valence-corrected chi connectivity index (χ2v) is 7.02. The number of benzene rings is 2. The second kappa shape index (κ2) is 7.78. The van der Waals surface area contributed by atoms with Crippen LogP contribution < -0.4 is 0 Å². The predicted octanol–water partition coefficient (Wildman–Crippen LogP) is 4.80. The van der Waals surface area contributed by atoms with Gasteiger partial charge in [0.15, 0.2) is 0 Å². The van der Waals surface area contributed by atoms with Gasteiger partial charge in [-0.15, -0.1) is 0 Å². The van der Waals surface area contributed by atoms with Gasteiger partial charge in [-0.3, -0.25) is 9.59 Å². The summed E-state index contributed by atoms with van der Waals surface area (Å²) in [6, 6.07) is 19.3. The van der Waals surface area contributed by atoms with Gasteiger partial charge in [0.25, 0.3) is 0 Å². The van der Waals surface area contributed by atoms with Crippen molar-refractivity contribution in [2.45, 2.75) is 39.8 Å². The SMILES string of the molecule is CC(=O)OC1=C(C)[C@H](c2ccccc2)N(C(C)=O)[C@@H](c2ccccc2)[C@@H]1C. The van der Waals surface area contributed by atoms with Crippen molar-refractivity contribution in [1.29, 1.82) is 0 Å². The van der Waals surface area contributed by atoms with E-state index in [1.54, 1.807) is 6.92 Å². The molecule has 0 N–H and O–H groups in total.